The summed E-state index contributed by atoms with van der Waals surface area (Å²) >= 11 is 0. The summed E-state index contributed by atoms with van der Waals surface area (Å²) in [6, 6.07) is 1.48. The number of benzene rings is 1. The van der Waals surface area contributed by atoms with Crippen molar-refractivity contribution in [2.24, 2.45) is 0 Å². The average Bonchev–Trinajstić information content (AvgIpc) is 2.60. The minimum Gasteiger partial charge on any atom is -0.508 e. The first-order chi connectivity index (χ1) is 13.3. The van der Waals surface area contributed by atoms with Crippen LogP contribution in [-0.4, -0.2) is 21.3 Å². The van der Waals surface area contributed by atoms with E-state index < -0.39 is 5.97 Å². The van der Waals surface area contributed by atoms with Crippen LogP contribution in [0.15, 0.2) is 29.4 Å². The molecule has 0 radical (unpaired) electrons. The first-order valence-corrected chi connectivity index (χ1v) is 9.80. The molecule has 0 saturated carbocycles. The molecule has 152 valence electrons. The Hall–Kier alpha value is -2.67. The highest BCUT2D eigenvalue weighted by Crippen LogP contribution is 2.35. The zero-order chi connectivity index (χ0) is 21.1. The Morgan fingerprint density at radius 1 is 1.14 bits per heavy atom. The van der Waals surface area contributed by atoms with Gasteiger partial charge in [-0.3, -0.25) is 0 Å². The van der Waals surface area contributed by atoms with Crippen LogP contribution in [-0.2, 0) is 12.8 Å². The summed E-state index contributed by atoms with van der Waals surface area (Å²) in [6.45, 7) is 6.11. The minimum atomic E-state index is -1.18. The van der Waals surface area contributed by atoms with Gasteiger partial charge in [0.2, 0.25) is 0 Å². The Labute approximate surface area is 168 Å². The van der Waals surface area contributed by atoms with E-state index in [4.69, 9.17) is 6.42 Å². The predicted octanol–water partition coefficient (Wildman–Crippen LogP) is 5.77. The standard InChI is InChI=1S/C24H32O4/c1-5-6-7-8-9-13-19-16-21(25)20(23(26)22(19)24(27)28)15-14-18(4)12-10-11-17(2)3/h1,11,14,16,25-26H,6-10,12-13,15H2,2-4H3,(H,27,28)/b18-14+. The van der Waals surface area contributed by atoms with Gasteiger partial charge < -0.3 is 15.3 Å². The number of aromatic carboxylic acids is 1. The summed E-state index contributed by atoms with van der Waals surface area (Å²) in [7, 11) is 0. The van der Waals surface area contributed by atoms with Gasteiger partial charge in [-0.2, -0.15) is 0 Å². The molecule has 3 N–H and O–H groups in total. The Morgan fingerprint density at radius 2 is 1.86 bits per heavy atom. The zero-order valence-electron chi connectivity index (χ0n) is 17.2. The Kier molecular flexibility index (Phi) is 9.95. The molecule has 0 unspecified atom stereocenters. The third kappa shape index (κ3) is 7.52. The lowest BCUT2D eigenvalue weighted by molar-refractivity contribution is 0.0692. The van der Waals surface area contributed by atoms with Gasteiger partial charge in [0, 0.05) is 12.0 Å². The molecular weight excluding hydrogens is 352 g/mol. The molecule has 4 nitrogen and oxygen atoms in total. The van der Waals surface area contributed by atoms with Crippen LogP contribution in [0, 0.1) is 12.3 Å². The van der Waals surface area contributed by atoms with Crippen molar-refractivity contribution >= 4 is 5.97 Å². The van der Waals surface area contributed by atoms with Gasteiger partial charge >= 0.3 is 5.97 Å². The van der Waals surface area contributed by atoms with Gasteiger partial charge in [-0.25, -0.2) is 4.79 Å². The molecule has 0 bridgehead atoms. The van der Waals surface area contributed by atoms with E-state index in [1.807, 2.05) is 13.0 Å². The van der Waals surface area contributed by atoms with Gasteiger partial charge in [0.05, 0.1) is 0 Å². The molecule has 1 rings (SSSR count). The molecule has 0 spiro atoms. The number of aryl methyl sites for hydroxylation is 1. The van der Waals surface area contributed by atoms with Crippen LogP contribution in [0.3, 0.4) is 0 Å². The summed E-state index contributed by atoms with van der Waals surface area (Å²) < 4.78 is 0. The van der Waals surface area contributed by atoms with Crippen LogP contribution in [0.4, 0.5) is 0 Å². The van der Waals surface area contributed by atoms with E-state index in [1.54, 1.807) is 0 Å². The molecule has 0 aromatic heterocycles. The molecule has 0 aliphatic rings. The highest BCUT2D eigenvalue weighted by Gasteiger charge is 2.21. The number of carbonyl (C=O) groups is 1. The van der Waals surface area contributed by atoms with Crippen LogP contribution in [0.2, 0.25) is 0 Å². The van der Waals surface area contributed by atoms with Crippen molar-refractivity contribution in [1.29, 1.82) is 0 Å². The number of unbranched alkanes of at least 4 members (excludes halogenated alkanes) is 3. The number of terminal acetylenes is 1. The van der Waals surface area contributed by atoms with Gasteiger partial charge in [-0.1, -0.05) is 29.7 Å². The molecule has 0 heterocycles. The molecule has 0 aliphatic carbocycles. The number of carboxylic acids is 1. The molecule has 0 fully saturated rings. The van der Waals surface area contributed by atoms with Crippen LogP contribution >= 0.6 is 0 Å². The van der Waals surface area contributed by atoms with Crippen LogP contribution < -0.4 is 0 Å². The van der Waals surface area contributed by atoms with Crippen molar-refractivity contribution in [2.45, 2.75) is 72.1 Å². The highest BCUT2D eigenvalue weighted by molar-refractivity contribution is 5.93. The second kappa shape index (κ2) is 11.9. The molecular formula is C24H32O4. The fraction of sp³-hybridized carbons (Fsp3) is 0.458. The second-order valence-electron chi connectivity index (χ2n) is 7.40. The summed E-state index contributed by atoms with van der Waals surface area (Å²) in [4.78, 5) is 11.7. The van der Waals surface area contributed by atoms with Crippen molar-refractivity contribution in [3.63, 3.8) is 0 Å². The highest BCUT2D eigenvalue weighted by atomic mass is 16.4. The van der Waals surface area contributed by atoms with E-state index >= 15 is 0 Å². The number of hydrogen-bond donors (Lipinski definition) is 3. The monoisotopic (exact) mass is 384 g/mol. The molecule has 0 amide bonds. The Balaban J connectivity index is 2.96. The fourth-order valence-corrected chi connectivity index (χ4v) is 3.07. The maximum Gasteiger partial charge on any atom is 0.339 e. The molecule has 0 atom stereocenters. The molecule has 0 aliphatic heterocycles. The Morgan fingerprint density at radius 3 is 2.46 bits per heavy atom. The van der Waals surface area contributed by atoms with E-state index in [0.29, 0.717) is 24.8 Å². The van der Waals surface area contributed by atoms with E-state index in [2.05, 4.69) is 25.8 Å². The number of phenols is 2. The van der Waals surface area contributed by atoms with Gasteiger partial charge in [-0.15, -0.1) is 12.3 Å². The number of phenolic OH excluding ortho intramolecular Hbond substituents is 1. The third-order valence-electron chi connectivity index (χ3n) is 4.69. The van der Waals surface area contributed by atoms with Crippen molar-refractivity contribution in [3.05, 3.63) is 46.1 Å². The SMILES string of the molecule is C#CCCCCCc1cc(O)c(C/C=C(\C)CCC=C(C)C)c(O)c1C(=O)O. The number of carboxylic acid groups (broad SMARTS) is 1. The minimum absolute atomic E-state index is 0.0607. The predicted molar refractivity (Wildman–Crippen MR) is 114 cm³/mol. The normalized spacial score (nSPS) is 11.1. The van der Waals surface area contributed by atoms with E-state index in [1.165, 1.54) is 11.6 Å². The van der Waals surface area contributed by atoms with Crippen molar-refractivity contribution in [1.82, 2.24) is 0 Å². The molecule has 1 aromatic rings. The van der Waals surface area contributed by atoms with Gasteiger partial charge in [0.25, 0.3) is 0 Å². The summed E-state index contributed by atoms with van der Waals surface area (Å²) in [5.41, 5.74) is 3.00. The molecule has 1 aromatic carbocycles. The number of rotatable bonds is 11. The third-order valence-corrected chi connectivity index (χ3v) is 4.69. The maximum atomic E-state index is 11.7. The number of allylic oxidation sites excluding steroid dienone is 4. The van der Waals surface area contributed by atoms with Crippen molar-refractivity contribution < 1.29 is 20.1 Å². The Bertz CT molecular complexity index is 775. The number of aromatic hydroxyl groups is 2. The quantitative estimate of drug-likeness (QED) is 0.257. The lowest BCUT2D eigenvalue weighted by Crippen LogP contribution is -2.05. The van der Waals surface area contributed by atoms with Gasteiger partial charge in [-0.05, 0) is 70.9 Å². The van der Waals surface area contributed by atoms with Crippen molar-refractivity contribution in [3.8, 4) is 23.8 Å². The van der Waals surface area contributed by atoms with Crippen molar-refractivity contribution in [2.75, 3.05) is 0 Å². The summed E-state index contributed by atoms with van der Waals surface area (Å²) in [6.07, 6.45) is 15.1. The van der Waals surface area contributed by atoms with Gasteiger partial charge in [0.15, 0.2) is 0 Å². The lowest BCUT2D eigenvalue weighted by Gasteiger charge is -2.14. The first kappa shape index (κ1) is 23.4. The van der Waals surface area contributed by atoms with Crippen LogP contribution in [0.5, 0.6) is 11.5 Å². The largest absolute Gasteiger partial charge is 0.508 e. The smallest absolute Gasteiger partial charge is 0.339 e. The summed E-state index contributed by atoms with van der Waals surface area (Å²) in [5.74, 6) is 1.01. The van der Waals surface area contributed by atoms with E-state index in [0.717, 1.165) is 37.7 Å². The van der Waals surface area contributed by atoms with Crippen LogP contribution in [0.1, 0.15) is 80.8 Å². The fourth-order valence-electron chi connectivity index (χ4n) is 3.07. The maximum absolute atomic E-state index is 11.7. The number of hydrogen-bond acceptors (Lipinski definition) is 3. The summed E-state index contributed by atoms with van der Waals surface area (Å²) in [5, 5.41) is 30.4. The second-order valence-corrected chi connectivity index (χ2v) is 7.40. The van der Waals surface area contributed by atoms with E-state index in [-0.39, 0.29) is 22.6 Å². The molecule has 28 heavy (non-hydrogen) atoms. The first-order valence-electron chi connectivity index (χ1n) is 9.80. The topological polar surface area (TPSA) is 77.8 Å². The average molecular weight is 385 g/mol. The lowest BCUT2D eigenvalue weighted by atomic mass is 9.94. The van der Waals surface area contributed by atoms with Gasteiger partial charge in [0.1, 0.15) is 17.1 Å². The molecule has 4 heteroatoms. The van der Waals surface area contributed by atoms with Crippen LogP contribution in [0.25, 0.3) is 0 Å². The van der Waals surface area contributed by atoms with E-state index in [9.17, 15) is 20.1 Å². The zero-order valence-corrected chi connectivity index (χ0v) is 17.2. The molecule has 0 saturated heterocycles.